The van der Waals surface area contributed by atoms with Gasteiger partial charge in [-0.3, -0.25) is 9.11 Å². The third-order valence-corrected chi connectivity index (χ3v) is 0. The van der Waals surface area contributed by atoms with Crippen LogP contribution in [0.5, 0.6) is 0 Å². The largest absolute Gasteiger partial charge is 0.412 e. The molecule has 0 aromatic carbocycles. The zero-order valence-electron chi connectivity index (χ0n) is 5.22. The van der Waals surface area contributed by atoms with Crippen molar-refractivity contribution >= 4 is 10.4 Å². The van der Waals surface area contributed by atoms with Crippen LogP contribution in [0.25, 0.3) is 0 Å². The minimum Gasteiger partial charge on any atom is -0.412 e. The zero-order chi connectivity index (χ0) is 4.50. The molecule has 0 rings (SSSR count). The van der Waals surface area contributed by atoms with Crippen LogP contribution in [0.4, 0.5) is 0 Å². The van der Waals surface area contributed by atoms with E-state index in [9.17, 15) is 0 Å². The van der Waals surface area contributed by atoms with Crippen molar-refractivity contribution in [2.75, 3.05) is 0 Å². The third-order valence-electron chi connectivity index (χ3n) is 0. The first kappa shape index (κ1) is 78.6. The van der Waals surface area contributed by atoms with Crippen LogP contribution in [0, 0.1) is 0 Å². The fraction of sp³-hybridized carbons (Fsp3) is 0. The summed E-state index contributed by atoms with van der Waals surface area (Å²) in [5, 5.41) is 0. The van der Waals surface area contributed by atoms with E-state index in [1.54, 1.807) is 0 Å². The summed E-state index contributed by atoms with van der Waals surface area (Å²) in [6, 6.07) is 0. The average Bonchev–Trinajstić information content (AvgIpc) is 0.722. The van der Waals surface area contributed by atoms with Gasteiger partial charge in [-0.1, -0.05) is 0 Å². The van der Waals surface area contributed by atoms with Crippen molar-refractivity contribution < 1.29 is 79.0 Å². The molecule has 0 unspecified atom stereocenters. The molecular weight excluding hydrogens is 303 g/mol. The summed E-state index contributed by atoms with van der Waals surface area (Å²) in [5.41, 5.74) is 0. The van der Waals surface area contributed by atoms with Crippen LogP contribution in [0.1, 0.15) is 0 Å². The molecule has 94 valence electrons. The van der Waals surface area contributed by atoms with Crippen LogP contribution >= 0.6 is 0 Å². The van der Waals surface area contributed by atoms with Gasteiger partial charge in [0.1, 0.15) is 0 Å². The molecule has 0 spiro atoms. The Morgan fingerprint density at radius 1 is 0.667 bits per heavy atom. The van der Waals surface area contributed by atoms with Crippen molar-refractivity contribution in [1.82, 2.24) is 0 Å². The Morgan fingerprint density at radius 3 is 0.667 bits per heavy atom. The van der Waals surface area contributed by atoms with E-state index < -0.39 is 10.4 Å². The van der Waals surface area contributed by atoms with E-state index in [1.807, 2.05) is 0 Å². The number of rotatable bonds is 0. The Kier molecular flexibility index (Phi) is 195. The molecule has 0 saturated carbocycles. The van der Waals surface area contributed by atoms with Crippen molar-refractivity contribution in [2.24, 2.45) is 0 Å². The Bertz CT molecular complexity index is 95.7. The Balaban J connectivity index is -0.00000000381. The SMILES string of the molecule is O.O.O.O.O.O=S(=O)(O)O.[Cu].[Cu]. The van der Waals surface area contributed by atoms with Gasteiger partial charge >= 0.3 is 10.4 Å². The quantitative estimate of drug-likeness (QED) is 0.330. The summed E-state index contributed by atoms with van der Waals surface area (Å²) in [7, 11) is -4.67. The maximum absolute atomic E-state index is 8.74. The van der Waals surface area contributed by atoms with Crippen molar-refractivity contribution in [3.05, 3.63) is 0 Å². The minimum atomic E-state index is -4.67. The standard InChI is InChI=1S/2Cu.H2O4S.5H2O/c;;1-5(2,3)4;;;;;/h;;(H2,1,2,3,4);5*1H2. The van der Waals surface area contributed by atoms with Gasteiger partial charge in [-0.15, -0.1) is 0 Å². The van der Waals surface area contributed by atoms with Crippen LogP contribution in [-0.4, -0.2) is 44.9 Å². The molecule has 0 bridgehead atoms. The summed E-state index contributed by atoms with van der Waals surface area (Å²) >= 11 is 0. The normalized spacial score (nSPS) is 4.83. The molecule has 0 atom stereocenters. The van der Waals surface area contributed by atoms with Crippen molar-refractivity contribution in [3.8, 4) is 0 Å². The summed E-state index contributed by atoms with van der Waals surface area (Å²) in [5.74, 6) is 0. The van der Waals surface area contributed by atoms with Gasteiger partial charge in [-0.25, -0.2) is 0 Å². The van der Waals surface area contributed by atoms with E-state index in [2.05, 4.69) is 0 Å². The van der Waals surface area contributed by atoms with E-state index in [1.165, 1.54) is 0 Å². The Morgan fingerprint density at radius 2 is 0.667 bits per heavy atom. The van der Waals surface area contributed by atoms with Crippen molar-refractivity contribution in [3.63, 3.8) is 0 Å². The summed E-state index contributed by atoms with van der Waals surface area (Å²) in [4.78, 5) is 0. The van der Waals surface area contributed by atoms with E-state index >= 15 is 0 Å². The first-order valence-electron chi connectivity index (χ1n) is 0.698. The van der Waals surface area contributed by atoms with Crippen molar-refractivity contribution in [1.29, 1.82) is 0 Å². The molecule has 2 radical (unpaired) electrons. The minimum absolute atomic E-state index is 0. The maximum atomic E-state index is 8.74. The summed E-state index contributed by atoms with van der Waals surface area (Å²) in [6.45, 7) is 0. The molecule has 0 aliphatic rings. The second-order valence-corrected chi connectivity index (χ2v) is 1.34. The van der Waals surface area contributed by atoms with Gasteiger partial charge in [-0.2, -0.15) is 8.42 Å². The predicted octanol–water partition coefficient (Wildman–Crippen LogP) is -4.78. The maximum Gasteiger partial charge on any atom is 0.394 e. The van der Waals surface area contributed by atoms with Crippen LogP contribution in [0.3, 0.4) is 0 Å². The molecule has 0 saturated heterocycles. The van der Waals surface area contributed by atoms with Crippen LogP contribution in [0.15, 0.2) is 0 Å². The molecule has 0 aliphatic heterocycles. The van der Waals surface area contributed by atoms with E-state index in [0.29, 0.717) is 0 Å². The van der Waals surface area contributed by atoms with Gasteiger partial charge in [0.15, 0.2) is 0 Å². The summed E-state index contributed by atoms with van der Waals surface area (Å²) in [6.07, 6.45) is 0. The van der Waals surface area contributed by atoms with Crippen molar-refractivity contribution in [2.45, 2.75) is 0 Å². The molecule has 12 heavy (non-hydrogen) atoms. The van der Waals surface area contributed by atoms with E-state index in [0.717, 1.165) is 0 Å². The Labute approximate surface area is 89.6 Å². The Hall–Kier alpha value is 0.709. The van der Waals surface area contributed by atoms with Gasteiger partial charge in [0.05, 0.1) is 0 Å². The number of hydrogen-bond acceptors (Lipinski definition) is 2. The first-order valence-corrected chi connectivity index (χ1v) is 2.10. The first-order chi connectivity index (χ1) is 2.00. The molecule has 9 nitrogen and oxygen atoms in total. The molecule has 0 aliphatic carbocycles. The molecule has 0 fully saturated rings. The van der Waals surface area contributed by atoms with Gasteiger partial charge in [0.25, 0.3) is 0 Å². The molecule has 0 aromatic heterocycles. The third kappa shape index (κ3) is 2010. The zero-order valence-corrected chi connectivity index (χ0v) is 7.92. The number of hydrogen-bond donors (Lipinski definition) is 2. The molecule has 12 N–H and O–H groups in total. The molecule has 0 amide bonds. The fourth-order valence-electron chi connectivity index (χ4n) is 0. The topological polar surface area (TPSA) is 232 Å². The summed E-state index contributed by atoms with van der Waals surface area (Å²) < 4.78 is 31.6. The molecule has 0 heterocycles. The van der Waals surface area contributed by atoms with Crippen LogP contribution in [0.2, 0.25) is 0 Å². The second kappa shape index (κ2) is 29.8. The van der Waals surface area contributed by atoms with Gasteiger partial charge in [-0.05, 0) is 0 Å². The predicted molar refractivity (Wildman–Crippen MR) is 32.2 cm³/mol. The molecule has 0 aromatic rings. The van der Waals surface area contributed by atoms with Gasteiger partial charge < -0.3 is 27.4 Å². The average molecular weight is 315 g/mol. The molecule has 12 heteroatoms. The van der Waals surface area contributed by atoms with Gasteiger partial charge in [0, 0.05) is 34.1 Å². The monoisotopic (exact) mass is 314 g/mol. The smallest absolute Gasteiger partial charge is 0.394 e. The molecular formula is H12Cu2O9S. The van der Waals surface area contributed by atoms with Crippen LogP contribution < -0.4 is 0 Å². The van der Waals surface area contributed by atoms with Crippen LogP contribution in [-0.2, 0) is 44.5 Å². The van der Waals surface area contributed by atoms with E-state index in [-0.39, 0.29) is 61.5 Å². The van der Waals surface area contributed by atoms with E-state index in [4.69, 9.17) is 17.5 Å². The fourth-order valence-corrected chi connectivity index (χ4v) is 0. The van der Waals surface area contributed by atoms with Gasteiger partial charge in [0.2, 0.25) is 0 Å². The second-order valence-electron chi connectivity index (χ2n) is 0.448.